The minimum absolute atomic E-state index is 0.258. The fourth-order valence-corrected chi connectivity index (χ4v) is 6.56. The maximum absolute atomic E-state index is 5.59. The molecule has 4 aromatic heterocycles. The van der Waals surface area contributed by atoms with Gasteiger partial charge in [-0.05, 0) is 37.7 Å². The molecule has 0 amide bonds. The first-order valence-corrected chi connectivity index (χ1v) is 13.7. The lowest BCUT2D eigenvalue weighted by Crippen LogP contribution is -2.48. The van der Waals surface area contributed by atoms with E-state index in [9.17, 15) is 0 Å². The number of aromatic amines is 1. The third kappa shape index (κ3) is 4.16. The summed E-state index contributed by atoms with van der Waals surface area (Å²) >= 11 is 1.76. The second kappa shape index (κ2) is 9.48. The number of anilines is 1. The maximum Gasteiger partial charge on any atom is 0.197 e. The van der Waals surface area contributed by atoms with Crippen molar-refractivity contribution in [2.75, 3.05) is 44.7 Å². The summed E-state index contributed by atoms with van der Waals surface area (Å²) in [6, 6.07) is 1.99. The predicted octanol–water partition coefficient (Wildman–Crippen LogP) is 4.61. The largest absolute Gasteiger partial charge is 0.493 e. The smallest absolute Gasteiger partial charge is 0.197 e. The van der Waals surface area contributed by atoms with Crippen molar-refractivity contribution in [3.8, 4) is 27.7 Å². The summed E-state index contributed by atoms with van der Waals surface area (Å²) in [5.74, 6) is 1.87. The van der Waals surface area contributed by atoms with Gasteiger partial charge in [0.2, 0.25) is 0 Å². The van der Waals surface area contributed by atoms with E-state index in [0.717, 1.165) is 65.3 Å². The molecular weight excluding hydrogens is 472 g/mol. The highest BCUT2D eigenvalue weighted by Gasteiger charge is 2.27. The van der Waals surface area contributed by atoms with Crippen LogP contribution in [0.4, 0.5) is 5.00 Å². The Kier molecular flexibility index (Phi) is 6.17. The molecule has 4 aromatic rings. The van der Waals surface area contributed by atoms with Crippen LogP contribution in [-0.2, 0) is 0 Å². The predicted molar refractivity (Wildman–Crippen MR) is 143 cm³/mol. The van der Waals surface area contributed by atoms with E-state index in [1.54, 1.807) is 23.0 Å². The molecule has 9 nitrogen and oxygen atoms in total. The molecule has 5 heterocycles. The van der Waals surface area contributed by atoms with E-state index >= 15 is 0 Å². The minimum atomic E-state index is 0.258. The molecule has 0 unspecified atom stereocenters. The molecule has 0 aromatic carbocycles. The Hall–Kier alpha value is -2.98. The number of nitrogens with zero attached hydrogens (tertiary/aromatic N) is 7. The van der Waals surface area contributed by atoms with Crippen LogP contribution in [0.25, 0.3) is 27.6 Å². The van der Waals surface area contributed by atoms with Crippen molar-refractivity contribution in [2.45, 2.75) is 46.0 Å². The summed E-state index contributed by atoms with van der Waals surface area (Å²) < 4.78 is 7.33. The van der Waals surface area contributed by atoms with Crippen LogP contribution in [0, 0.1) is 12.8 Å². The number of methoxy groups -OCH3 is 1. The van der Waals surface area contributed by atoms with Crippen LogP contribution in [-0.4, -0.2) is 74.5 Å². The van der Waals surface area contributed by atoms with Gasteiger partial charge in [-0.25, -0.2) is 14.5 Å². The van der Waals surface area contributed by atoms with Gasteiger partial charge in [0.25, 0.3) is 0 Å². The standard InChI is InChI=1S/C26H34N8OS/c1-16(2)21-22(19-12-20(35-4)24-27-15-28-34(24)14-19)30-31-23(21)25-29-17(3)26(36-25)33-10-8-32(9-11-33)13-18-6-5-7-18/h12,14-16,18H,5-11,13H2,1-4H3,(H,30,31). The van der Waals surface area contributed by atoms with Crippen LogP contribution in [0.5, 0.6) is 5.75 Å². The van der Waals surface area contributed by atoms with Gasteiger partial charge in [0.1, 0.15) is 22.0 Å². The molecule has 1 saturated heterocycles. The van der Waals surface area contributed by atoms with E-state index in [-0.39, 0.29) is 5.92 Å². The Balaban J connectivity index is 1.29. The number of nitrogens with one attached hydrogen (secondary N) is 1. The third-order valence-electron chi connectivity index (χ3n) is 7.61. The number of aromatic nitrogens is 6. The molecule has 0 bridgehead atoms. The first-order valence-electron chi connectivity index (χ1n) is 12.9. The molecule has 2 aliphatic rings. The fourth-order valence-electron chi connectivity index (χ4n) is 5.44. The number of fused-ring (bicyclic) bond motifs is 1. The van der Waals surface area contributed by atoms with Gasteiger partial charge in [0.15, 0.2) is 11.4 Å². The first-order chi connectivity index (χ1) is 17.5. The lowest BCUT2D eigenvalue weighted by atomic mass is 9.85. The van der Waals surface area contributed by atoms with Crippen molar-refractivity contribution in [1.82, 2.24) is 34.7 Å². The van der Waals surface area contributed by atoms with Crippen molar-refractivity contribution in [2.24, 2.45) is 5.92 Å². The van der Waals surface area contributed by atoms with Gasteiger partial charge in [-0.1, -0.05) is 31.6 Å². The van der Waals surface area contributed by atoms with E-state index in [1.165, 1.54) is 37.1 Å². The molecule has 36 heavy (non-hydrogen) atoms. The molecule has 1 saturated carbocycles. The summed E-state index contributed by atoms with van der Waals surface area (Å²) in [7, 11) is 1.66. The number of aryl methyl sites for hydroxylation is 1. The molecule has 1 aliphatic carbocycles. The second-order valence-corrected chi connectivity index (χ2v) is 11.3. The van der Waals surface area contributed by atoms with E-state index in [0.29, 0.717) is 11.4 Å². The van der Waals surface area contributed by atoms with Crippen molar-refractivity contribution >= 4 is 22.0 Å². The number of hydrogen-bond acceptors (Lipinski definition) is 8. The molecule has 1 aliphatic heterocycles. The molecule has 190 valence electrons. The highest BCUT2D eigenvalue weighted by Crippen LogP contribution is 2.41. The fraction of sp³-hybridized carbons (Fsp3) is 0.538. The molecule has 6 rings (SSSR count). The van der Waals surface area contributed by atoms with E-state index in [1.807, 2.05) is 12.3 Å². The highest BCUT2D eigenvalue weighted by atomic mass is 32.1. The van der Waals surface area contributed by atoms with Crippen LogP contribution >= 0.6 is 11.3 Å². The Morgan fingerprint density at radius 3 is 2.69 bits per heavy atom. The molecule has 2 fully saturated rings. The SMILES string of the molecule is COc1cc(-c2[nH]nc(-c3nc(C)c(N4CCN(CC5CCC5)CC4)s3)c2C(C)C)cn2ncnc12. The van der Waals surface area contributed by atoms with E-state index in [4.69, 9.17) is 14.8 Å². The normalized spacial score (nSPS) is 17.3. The average Bonchev–Trinajstić information content (AvgIpc) is 3.59. The molecule has 10 heteroatoms. The number of piperazine rings is 1. The highest BCUT2D eigenvalue weighted by molar-refractivity contribution is 7.19. The van der Waals surface area contributed by atoms with Gasteiger partial charge in [-0.3, -0.25) is 10.00 Å². The monoisotopic (exact) mass is 506 g/mol. The topological polar surface area (TPSA) is 87.5 Å². The van der Waals surface area contributed by atoms with E-state index < -0.39 is 0 Å². The molecule has 1 N–H and O–H groups in total. The van der Waals surface area contributed by atoms with E-state index in [2.05, 4.69) is 45.8 Å². The van der Waals surface area contributed by atoms with Crippen molar-refractivity contribution in [3.05, 3.63) is 29.8 Å². The summed E-state index contributed by atoms with van der Waals surface area (Å²) in [5.41, 5.74) is 5.80. The van der Waals surface area contributed by atoms with Crippen molar-refractivity contribution in [1.29, 1.82) is 0 Å². The molecule has 0 spiro atoms. The Bertz CT molecular complexity index is 1360. The van der Waals surface area contributed by atoms with Gasteiger partial charge >= 0.3 is 0 Å². The zero-order chi connectivity index (χ0) is 24.8. The van der Waals surface area contributed by atoms with Crippen LogP contribution < -0.4 is 9.64 Å². The van der Waals surface area contributed by atoms with Crippen LogP contribution in [0.3, 0.4) is 0 Å². The lowest BCUT2D eigenvalue weighted by Gasteiger charge is -2.39. The van der Waals surface area contributed by atoms with Crippen molar-refractivity contribution < 1.29 is 4.74 Å². The van der Waals surface area contributed by atoms with Crippen LogP contribution in [0.2, 0.25) is 0 Å². The summed E-state index contributed by atoms with van der Waals surface area (Å²) in [4.78, 5) is 14.5. The molecule has 0 radical (unpaired) electrons. The number of hydrogen-bond donors (Lipinski definition) is 1. The van der Waals surface area contributed by atoms with Crippen LogP contribution in [0.1, 0.15) is 50.3 Å². The van der Waals surface area contributed by atoms with Gasteiger partial charge in [-0.2, -0.15) is 10.2 Å². The number of pyridine rings is 1. The van der Waals surface area contributed by atoms with Gasteiger partial charge in [0.05, 0.1) is 18.5 Å². The summed E-state index contributed by atoms with van der Waals surface area (Å²) in [6.45, 7) is 12.2. The minimum Gasteiger partial charge on any atom is -0.493 e. The zero-order valence-corrected chi connectivity index (χ0v) is 22.3. The van der Waals surface area contributed by atoms with Gasteiger partial charge in [-0.15, -0.1) is 0 Å². The number of H-pyrrole nitrogens is 1. The van der Waals surface area contributed by atoms with Gasteiger partial charge < -0.3 is 9.64 Å². The lowest BCUT2D eigenvalue weighted by molar-refractivity contribution is 0.171. The Morgan fingerprint density at radius 1 is 1.19 bits per heavy atom. The molecule has 0 atom stereocenters. The number of ether oxygens (including phenoxy) is 1. The Labute approximate surface area is 215 Å². The van der Waals surface area contributed by atoms with Gasteiger partial charge in [0, 0.05) is 50.0 Å². The maximum atomic E-state index is 5.59. The average molecular weight is 507 g/mol. The number of rotatable bonds is 7. The number of thiazole rings is 1. The van der Waals surface area contributed by atoms with Crippen molar-refractivity contribution in [3.63, 3.8) is 0 Å². The van der Waals surface area contributed by atoms with Crippen LogP contribution in [0.15, 0.2) is 18.6 Å². The third-order valence-corrected chi connectivity index (χ3v) is 8.83. The second-order valence-electron chi connectivity index (χ2n) is 10.3. The Morgan fingerprint density at radius 2 is 2.00 bits per heavy atom. The summed E-state index contributed by atoms with van der Waals surface area (Å²) in [6.07, 6.45) is 7.76. The quantitative estimate of drug-likeness (QED) is 0.392. The molecular formula is C26H34N8OS. The first kappa shape index (κ1) is 23.4. The zero-order valence-electron chi connectivity index (χ0n) is 21.5. The summed E-state index contributed by atoms with van der Waals surface area (Å²) in [5, 5.41) is 14.6.